The summed E-state index contributed by atoms with van der Waals surface area (Å²) in [4.78, 5) is 24.6. The van der Waals surface area contributed by atoms with Crippen LogP contribution in [0.3, 0.4) is 0 Å². The minimum atomic E-state index is -3.76. The number of sulfonamides is 1. The Morgan fingerprint density at radius 2 is 2.11 bits per heavy atom. The fourth-order valence-corrected chi connectivity index (χ4v) is 7.91. The molecule has 182 valence electrons. The van der Waals surface area contributed by atoms with Crippen molar-refractivity contribution in [2.75, 3.05) is 18.1 Å². The molecule has 1 amide bonds. The van der Waals surface area contributed by atoms with Crippen molar-refractivity contribution >= 4 is 54.0 Å². The van der Waals surface area contributed by atoms with Crippen LogP contribution in [0.1, 0.15) is 25.5 Å². The Morgan fingerprint density at radius 1 is 1.23 bits per heavy atom. The van der Waals surface area contributed by atoms with Crippen molar-refractivity contribution < 1.29 is 17.9 Å². The predicted molar refractivity (Wildman–Crippen MR) is 137 cm³/mol. The van der Waals surface area contributed by atoms with Gasteiger partial charge in [0, 0.05) is 12.7 Å². The fourth-order valence-electron chi connectivity index (χ4n) is 4.14. The van der Waals surface area contributed by atoms with Crippen LogP contribution in [-0.4, -0.2) is 47.8 Å². The molecule has 1 atom stereocenters. The lowest BCUT2D eigenvalue weighted by Crippen LogP contribution is -2.47. The third-order valence-corrected chi connectivity index (χ3v) is 10.1. The topological polar surface area (TPSA) is 92.7 Å². The number of pyridine rings is 1. The highest BCUT2D eigenvalue weighted by atomic mass is 32.2. The number of benzene rings is 1. The second kappa shape index (κ2) is 10.0. The summed E-state index contributed by atoms with van der Waals surface area (Å²) in [6, 6.07) is 13.6. The van der Waals surface area contributed by atoms with E-state index in [0.717, 1.165) is 27.3 Å². The lowest BCUT2D eigenvalue weighted by Gasteiger charge is -2.28. The normalized spacial score (nSPS) is 16.5. The number of carbonyl (C=O) groups excluding carboxylic acids is 1. The minimum Gasteiger partial charge on any atom is -0.494 e. The fraction of sp³-hybridized carbons (Fsp3) is 0.292. The molecule has 35 heavy (non-hydrogen) atoms. The number of anilines is 1. The van der Waals surface area contributed by atoms with E-state index in [-0.39, 0.29) is 16.7 Å². The number of thiazole rings is 1. The molecule has 1 unspecified atom stereocenters. The van der Waals surface area contributed by atoms with Crippen LogP contribution in [0.5, 0.6) is 5.75 Å². The third-order valence-electron chi connectivity index (χ3n) is 5.75. The summed E-state index contributed by atoms with van der Waals surface area (Å²) in [7, 11) is -3.76. The van der Waals surface area contributed by atoms with Crippen molar-refractivity contribution in [1.29, 1.82) is 0 Å². The highest BCUT2D eigenvalue weighted by Gasteiger charge is 2.42. The molecule has 4 aromatic rings. The van der Waals surface area contributed by atoms with Crippen molar-refractivity contribution in [1.82, 2.24) is 14.3 Å². The maximum absolute atomic E-state index is 14.0. The molecule has 11 heteroatoms. The molecule has 3 aromatic heterocycles. The Bertz CT molecular complexity index is 1420. The quantitative estimate of drug-likeness (QED) is 0.333. The van der Waals surface area contributed by atoms with Crippen LogP contribution in [-0.2, 0) is 21.4 Å². The Morgan fingerprint density at radius 3 is 2.86 bits per heavy atom. The number of hydrogen-bond acceptors (Lipinski definition) is 8. The number of carbonyl (C=O) groups is 1. The van der Waals surface area contributed by atoms with Crippen LogP contribution >= 0.6 is 22.7 Å². The molecule has 8 nitrogen and oxygen atoms in total. The number of hydrogen-bond donors (Lipinski definition) is 0. The summed E-state index contributed by atoms with van der Waals surface area (Å²) in [5.41, 5.74) is 1.45. The number of fused-ring (bicyclic) bond motifs is 1. The lowest BCUT2D eigenvalue weighted by molar-refractivity contribution is -0.121. The standard InChI is InChI=1S/C24H24N4O4S3/c1-2-32-18-10-11-19-21(15-18)34-24(26-19)27(16-17-7-3-4-12-25-17)23(29)20-8-5-13-28(20)35(30,31)22-9-6-14-33-22/h3-4,6-7,9-12,14-15,20H,2,5,8,13,16H2,1H3. The second-order valence-corrected chi connectivity index (χ2v) is 12.1. The predicted octanol–water partition coefficient (Wildman–Crippen LogP) is 4.54. The van der Waals surface area contributed by atoms with Gasteiger partial charge in [0.25, 0.3) is 10.0 Å². The molecule has 1 aliphatic heterocycles. The van der Waals surface area contributed by atoms with Gasteiger partial charge in [0.2, 0.25) is 5.91 Å². The zero-order chi connectivity index (χ0) is 24.4. The summed E-state index contributed by atoms with van der Waals surface area (Å²) < 4.78 is 34.7. The molecular weight excluding hydrogens is 504 g/mol. The number of aromatic nitrogens is 2. The number of rotatable bonds is 8. The van der Waals surface area contributed by atoms with Gasteiger partial charge >= 0.3 is 0 Å². The van der Waals surface area contributed by atoms with E-state index in [0.29, 0.717) is 36.8 Å². The molecular formula is C24H24N4O4S3. The third kappa shape index (κ3) is 4.81. The van der Waals surface area contributed by atoms with E-state index >= 15 is 0 Å². The van der Waals surface area contributed by atoms with Crippen molar-refractivity contribution in [2.45, 2.75) is 36.6 Å². The lowest BCUT2D eigenvalue weighted by atomic mass is 10.2. The first-order valence-electron chi connectivity index (χ1n) is 11.3. The molecule has 5 rings (SSSR count). The summed E-state index contributed by atoms with van der Waals surface area (Å²) in [6.45, 7) is 2.98. The molecule has 0 N–H and O–H groups in total. The van der Waals surface area contributed by atoms with Gasteiger partial charge in [-0.2, -0.15) is 4.31 Å². The molecule has 0 radical (unpaired) electrons. The summed E-state index contributed by atoms with van der Waals surface area (Å²) in [5, 5.41) is 2.23. The monoisotopic (exact) mass is 528 g/mol. The first-order chi connectivity index (χ1) is 17.0. The number of nitrogens with zero attached hydrogens (tertiary/aromatic N) is 4. The second-order valence-electron chi connectivity index (χ2n) is 8.01. The molecule has 0 aliphatic carbocycles. The maximum Gasteiger partial charge on any atom is 0.253 e. The van der Waals surface area contributed by atoms with Crippen molar-refractivity contribution in [3.05, 3.63) is 65.8 Å². The Kier molecular flexibility index (Phi) is 6.83. The van der Waals surface area contributed by atoms with Gasteiger partial charge in [-0.05, 0) is 61.5 Å². The first kappa shape index (κ1) is 23.9. The van der Waals surface area contributed by atoms with Crippen molar-refractivity contribution in [2.24, 2.45) is 0 Å². The van der Waals surface area contributed by atoms with Gasteiger partial charge in [-0.1, -0.05) is 23.5 Å². The summed E-state index contributed by atoms with van der Waals surface area (Å²) in [5.74, 6) is 0.444. The van der Waals surface area contributed by atoms with Gasteiger partial charge < -0.3 is 4.74 Å². The van der Waals surface area contributed by atoms with Gasteiger partial charge in [-0.3, -0.25) is 14.7 Å². The molecule has 0 spiro atoms. The highest BCUT2D eigenvalue weighted by molar-refractivity contribution is 7.91. The minimum absolute atomic E-state index is 0.196. The van der Waals surface area contributed by atoms with E-state index in [4.69, 9.17) is 9.72 Å². The Hall–Kier alpha value is -2.86. The summed E-state index contributed by atoms with van der Waals surface area (Å²) in [6.07, 6.45) is 2.76. The van der Waals surface area contributed by atoms with Crippen LogP contribution < -0.4 is 9.64 Å². The van der Waals surface area contributed by atoms with Crippen LogP contribution in [0.2, 0.25) is 0 Å². The van der Waals surface area contributed by atoms with Crippen molar-refractivity contribution in [3.8, 4) is 5.75 Å². The molecule has 0 saturated carbocycles. The number of ether oxygens (including phenoxy) is 1. The van der Waals surface area contributed by atoms with E-state index in [2.05, 4.69) is 4.98 Å². The van der Waals surface area contributed by atoms with Crippen LogP contribution in [0, 0.1) is 0 Å². The van der Waals surface area contributed by atoms with Gasteiger partial charge in [0.15, 0.2) is 5.13 Å². The van der Waals surface area contributed by atoms with Crippen LogP contribution in [0.15, 0.2) is 64.3 Å². The first-order valence-corrected chi connectivity index (χ1v) is 14.4. The largest absolute Gasteiger partial charge is 0.494 e. The van der Waals surface area contributed by atoms with E-state index in [1.54, 1.807) is 28.6 Å². The van der Waals surface area contributed by atoms with E-state index in [1.807, 2.05) is 43.3 Å². The maximum atomic E-state index is 14.0. The van der Waals surface area contributed by atoms with Gasteiger partial charge in [0.05, 0.1) is 29.1 Å². The SMILES string of the molecule is CCOc1ccc2nc(N(Cc3ccccn3)C(=O)C3CCCN3S(=O)(=O)c3cccs3)sc2c1. The molecule has 1 aliphatic rings. The van der Waals surface area contributed by atoms with E-state index in [9.17, 15) is 13.2 Å². The average Bonchev–Trinajstić information content (AvgIpc) is 3.63. The number of amides is 1. The van der Waals surface area contributed by atoms with Gasteiger partial charge in [-0.25, -0.2) is 13.4 Å². The average molecular weight is 529 g/mol. The molecule has 1 saturated heterocycles. The van der Waals surface area contributed by atoms with Gasteiger partial charge in [0.1, 0.15) is 16.0 Å². The molecule has 4 heterocycles. The van der Waals surface area contributed by atoms with Gasteiger partial charge in [-0.15, -0.1) is 11.3 Å². The van der Waals surface area contributed by atoms with Crippen LogP contribution in [0.4, 0.5) is 5.13 Å². The van der Waals surface area contributed by atoms with E-state index < -0.39 is 16.1 Å². The Labute approximate surface area is 211 Å². The Balaban J connectivity index is 1.52. The van der Waals surface area contributed by atoms with Crippen molar-refractivity contribution in [3.63, 3.8) is 0 Å². The smallest absolute Gasteiger partial charge is 0.253 e. The zero-order valence-corrected chi connectivity index (χ0v) is 21.5. The van der Waals surface area contributed by atoms with E-state index in [1.165, 1.54) is 15.6 Å². The zero-order valence-electron chi connectivity index (χ0n) is 19.0. The summed E-state index contributed by atoms with van der Waals surface area (Å²) >= 11 is 2.54. The highest BCUT2D eigenvalue weighted by Crippen LogP contribution is 2.35. The molecule has 1 aromatic carbocycles. The van der Waals surface area contributed by atoms with Crippen LogP contribution in [0.25, 0.3) is 10.2 Å². The molecule has 1 fully saturated rings. The molecule has 0 bridgehead atoms. The number of thiophene rings is 1.